The van der Waals surface area contributed by atoms with Gasteiger partial charge < -0.3 is 10.6 Å². The van der Waals surface area contributed by atoms with Crippen LogP contribution in [0.2, 0.25) is 0 Å². The number of nitrogens with zero attached hydrogens (tertiary/aromatic N) is 1. The molecule has 4 aliphatic rings. The summed E-state index contributed by atoms with van der Waals surface area (Å²) in [5, 5.41) is 0. The molecule has 0 atom stereocenters. The fraction of sp³-hybridized carbons (Fsp3) is 0.938. The molecule has 0 aromatic heterocycles. The second-order valence-corrected chi connectivity index (χ2v) is 8.09. The maximum Gasteiger partial charge on any atom is 0.229 e. The van der Waals surface area contributed by atoms with Crippen LogP contribution in [0.5, 0.6) is 0 Å². The largest absolute Gasteiger partial charge is 0.340 e. The molecule has 0 spiro atoms. The van der Waals surface area contributed by atoms with Crippen molar-refractivity contribution in [1.29, 1.82) is 0 Å². The van der Waals surface area contributed by atoms with E-state index < -0.39 is 5.41 Å². The van der Waals surface area contributed by atoms with Crippen LogP contribution in [0.15, 0.2) is 0 Å². The van der Waals surface area contributed by atoms with E-state index in [1.54, 1.807) is 0 Å². The highest BCUT2D eigenvalue weighted by Gasteiger charge is 2.54. The Bertz CT molecular complexity index is 353. The first-order chi connectivity index (χ1) is 8.86. The molecule has 19 heavy (non-hydrogen) atoms. The molecular formula is C16H28N2O. The normalized spacial score (nSPS) is 40.5. The van der Waals surface area contributed by atoms with E-state index in [0.29, 0.717) is 6.54 Å². The van der Waals surface area contributed by atoms with E-state index in [9.17, 15) is 4.79 Å². The van der Waals surface area contributed by atoms with Gasteiger partial charge in [0.1, 0.15) is 0 Å². The lowest BCUT2D eigenvalue weighted by molar-refractivity contribution is -0.155. The molecule has 0 aromatic carbocycles. The molecule has 0 saturated heterocycles. The van der Waals surface area contributed by atoms with Crippen molar-refractivity contribution in [2.45, 2.75) is 57.9 Å². The van der Waals surface area contributed by atoms with Crippen molar-refractivity contribution < 1.29 is 4.79 Å². The first-order valence-corrected chi connectivity index (χ1v) is 7.85. The molecule has 4 saturated carbocycles. The number of hydrogen-bond acceptors (Lipinski definition) is 2. The summed E-state index contributed by atoms with van der Waals surface area (Å²) in [6, 6.07) is 0. The summed E-state index contributed by atoms with van der Waals surface area (Å²) in [7, 11) is 2.03. The smallest absolute Gasteiger partial charge is 0.229 e. The second-order valence-electron chi connectivity index (χ2n) is 8.09. The zero-order chi connectivity index (χ0) is 13.8. The minimum atomic E-state index is -0.419. The molecule has 4 bridgehead atoms. The number of nitrogens with two attached hydrogens (primary N) is 1. The van der Waals surface area contributed by atoms with Crippen LogP contribution in [-0.2, 0) is 4.79 Å². The Morgan fingerprint density at radius 3 is 1.95 bits per heavy atom. The van der Waals surface area contributed by atoms with E-state index in [-0.39, 0.29) is 11.4 Å². The monoisotopic (exact) mass is 264 g/mol. The summed E-state index contributed by atoms with van der Waals surface area (Å²) in [4.78, 5) is 14.9. The first kappa shape index (κ1) is 13.4. The van der Waals surface area contributed by atoms with Gasteiger partial charge >= 0.3 is 0 Å². The Hall–Kier alpha value is -0.570. The van der Waals surface area contributed by atoms with Crippen LogP contribution in [0.3, 0.4) is 0 Å². The van der Waals surface area contributed by atoms with Gasteiger partial charge in [-0.05, 0) is 70.1 Å². The third-order valence-electron chi connectivity index (χ3n) is 6.11. The number of amides is 1. The number of carbonyl (C=O) groups excluding carboxylic acids is 1. The maximum absolute atomic E-state index is 12.8. The highest BCUT2D eigenvalue weighted by atomic mass is 16.2. The third kappa shape index (κ3) is 2.01. The SMILES string of the molecule is CN(C(=O)C(C)(C)CN)C12CC3CC(CC(C3)C1)C2. The van der Waals surface area contributed by atoms with Gasteiger partial charge in [0.2, 0.25) is 5.91 Å². The number of carbonyl (C=O) groups is 1. The van der Waals surface area contributed by atoms with E-state index in [2.05, 4.69) is 4.90 Å². The Morgan fingerprint density at radius 1 is 1.16 bits per heavy atom. The molecule has 4 rings (SSSR count). The highest BCUT2D eigenvalue weighted by Crippen LogP contribution is 2.57. The van der Waals surface area contributed by atoms with Gasteiger partial charge in [0, 0.05) is 19.1 Å². The van der Waals surface area contributed by atoms with Gasteiger partial charge in [-0.15, -0.1) is 0 Å². The minimum Gasteiger partial charge on any atom is -0.340 e. The lowest BCUT2D eigenvalue weighted by atomic mass is 9.52. The predicted octanol–water partition coefficient (Wildman–Crippen LogP) is 2.40. The fourth-order valence-electron chi connectivity index (χ4n) is 5.23. The molecule has 1 amide bonds. The van der Waals surface area contributed by atoms with Crippen molar-refractivity contribution in [2.75, 3.05) is 13.6 Å². The Morgan fingerprint density at radius 2 is 1.58 bits per heavy atom. The molecule has 4 fully saturated rings. The van der Waals surface area contributed by atoms with E-state index in [4.69, 9.17) is 5.73 Å². The molecule has 0 aliphatic heterocycles. The zero-order valence-electron chi connectivity index (χ0n) is 12.6. The molecule has 0 heterocycles. The van der Waals surface area contributed by atoms with E-state index in [0.717, 1.165) is 17.8 Å². The van der Waals surface area contributed by atoms with Gasteiger partial charge in [0.05, 0.1) is 5.41 Å². The van der Waals surface area contributed by atoms with Crippen LogP contribution < -0.4 is 5.73 Å². The average Bonchev–Trinajstić information content (AvgIpc) is 2.35. The fourth-order valence-corrected chi connectivity index (χ4v) is 5.23. The standard InChI is InChI=1S/C16H28N2O/c1-15(2,10-17)14(19)18(3)16-7-11-4-12(8-16)6-13(5-11)9-16/h11-13H,4-10,17H2,1-3H3. The average molecular weight is 264 g/mol. The Labute approximate surface area is 116 Å². The van der Waals surface area contributed by atoms with Gasteiger partial charge in [-0.25, -0.2) is 0 Å². The van der Waals surface area contributed by atoms with Gasteiger partial charge in [0.15, 0.2) is 0 Å². The van der Waals surface area contributed by atoms with Crippen LogP contribution in [-0.4, -0.2) is 29.9 Å². The van der Waals surface area contributed by atoms with Crippen LogP contribution >= 0.6 is 0 Å². The van der Waals surface area contributed by atoms with Crippen LogP contribution in [0.4, 0.5) is 0 Å². The van der Waals surface area contributed by atoms with Crippen molar-refractivity contribution in [3.63, 3.8) is 0 Å². The number of hydrogen-bond donors (Lipinski definition) is 1. The Balaban J connectivity index is 1.83. The second kappa shape index (κ2) is 4.21. The predicted molar refractivity (Wildman–Crippen MR) is 76.5 cm³/mol. The molecule has 3 heteroatoms. The molecule has 108 valence electrons. The first-order valence-electron chi connectivity index (χ1n) is 7.85. The van der Waals surface area contributed by atoms with Gasteiger partial charge in [-0.2, -0.15) is 0 Å². The van der Waals surface area contributed by atoms with E-state index in [1.165, 1.54) is 38.5 Å². The lowest BCUT2D eigenvalue weighted by Crippen LogP contribution is -2.62. The topological polar surface area (TPSA) is 46.3 Å². The summed E-state index contributed by atoms with van der Waals surface area (Å²) in [5.74, 6) is 2.88. The minimum absolute atomic E-state index is 0.165. The van der Waals surface area contributed by atoms with Crippen molar-refractivity contribution in [3.8, 4) is 0 Å². The van der Waals surface area contributed by atoms with Gasteiger partial charge in [0.25, 0.3) is 0 Å². The molecule has 0 radical (unpaired) electrons. The van der Waals surface area contributed by atoms with Crippen molar-refractivity contribution in [2.24, 2.45) is 28.9 Å². The lowest BCUT2D eigenvalue weighted by Gasteiger charge is -2.60. The van der Waals surface area contributed by atoms with Crippen LogP contribution in [0.25, 0.3) is 0 Å². The van der Waals surface area contributed by atoms with Crippen molar-refractivity contribution in [1.82, 2.24) is 4.90 Å². The molecule has 4 aliphatic carbocycles. The van der Waals surface area contributed by atoms with Gasteiger partial charge in [-0.1, -0.05) is 0 Å². The zero-order valence-corrected chi connectivity index (χ0v) is 12.6. The van der Waals surface area contributed by atoms with E-state index in [1.807, 2.05) is 20.9 Å². The summed E-state index contributed by atoms with van der Waals surface area (Å²) < 4.78 is 0. The molecule has 0 aromatic rings. The van der Waals surface area contributed by atoms with Gasteiger partial charge in [-0.3, -0.25) is 4.79 Å². The van der Waals surface area contributed by atoms with Crippen molar-refractivity contribution in [3.05, 3.63) is 0 Å². The Kier molecular flexibility index (Phi) is 2.97. The summed E-state index contributed by atoms with van der Waals surface area (Å²) >= 11 is 0. The molecule has 0 unspecified atom stereocenters. The summed E-state index contributed by atoms with van der Waals surface area (Å²) in [6.07, 6.45) is 7.97. The van der Waals surface area contributed by atoms with Crippen molar-refractivity contribution >= 4 is 5.91 Å². The molecule has 2 N–H and O–H groups in total. The van der Waals surface area contributed by atoms with Crippen LogP contribution in [0.1, 0.15) is 52.4 Å². The highest BCUT2D eigenvalue weighted by molar-refractivity contribution is 5.82. The maximum atomic E-state index is 12.8. The van der Waals surface area contributed by atoms with Crippen LogP contribution in [0, 0.1) is 23.2 Å². The summed E-state index contributed by atoms with van der Waals surface area (Å²) in [6.45, 7) is 4.39. The summed E-state index contributed by atoms with van der Waals surface area (Å²) in [5.41, 5.74) is 5.54. The number of rotatable bonds is 3. The third-order valence-corrected chi connectivity index (χ3v) is 6.11. The molecular weight excluding hydrogens is 236 g/mol. The molecule has 3 nitrogen and oxygen atoms in total. The van der Waals surface area contributed by atoms with E-state index >= 15 is 0 Å². The quantitative estimate of drug-likeness (QED) is 0.851.